The standard InChI is InChI=1S/C14H19BrN2O3/c1-14(2,3)6-7-16-13(20)17-9-4-5-11(15)10(8-9)12(18)19/h4-5,8H,6-7H2,1-3H3,(H,18,19)(H2,16,17,20). The smallest absolute Gasteiger partial charge is 0.336 e. The fraction of sp³-hybridized carbons (Fsp3) is 0.429. The highest BCUT2D eigenvalue weighted by Crippen LogP contribution is 2.21. The van der Waals surface area contributed by atoms with Crippen molar-refractivity contribution in [2.45, 2.75) is 27.2 Å². The second kappa shape index (κ2) is 6.74. The zero-order valence-corrected chi connectivity index (χ0v) is 13.4. The first-order valence-electron chi connectivity index (χ1n) is 6.27. The lowest BCUT2D eigenvalue weighted by atomic mass is 9.92. The molecule has 1 aromatic carbocycles. The van der Waals surface area contributed by atoms with Crippen LogP contribution >= 0.6 is 15.9 Å². The Labute approximate surface area is 126 Å². The summed E-state index contributed by atoms with van der Waals surface area (Å²) in [6.07, 6.45) is 0.862. The van der Waals surface area contributed by atoms with Crippen molar-refractivity contribution >= 4 is 33.6 Å². The van der Waals surface area contributed by atoms with Crippen molar-refractivity contribution in [3.63, 3.8) is 0 Å². The summed E-state index contributed by atoms with van der Waals surface area (Å²) < 4.78 is 0.476. The Hall–Kier alpha value is -1.56. The third kappa shape index (κ3) is 5.61. The van der Waals surface area contributed by atoms with Gasteiger partial charge in [0.1, 0.15) is 0 Å². The lowest BCUT2D eigenvalue weighted by Crippen LogP contribution is -2.31. The van der Waals surface area contributed by atoms with E-state index in [0.29, 0.717) is 16.7 Å². The van der Waals surface area contributed by atoms with Crippen molar-refractivity contribution in [2.75, 3.05) is 11.9 Å². The molecule has 0 fully saturated rings. The Balaban J connectivity index is 2.58. The molecule has 0 aliphatic heterocycles. The number of carboxylic acids is 1. The van der Waals surface area contributed by atoms with E-state index in [9.17, 15) is 9.59 Å². The molecule has 1 aromatic rings. The van der Waals surface area contributed by atoms with Crippen LogP contribution in [-0.4, -0.2) is 23.7 Å². The minimum Gasteiger partial charge on any atom is -0.478 e. The first-order chi connectivity index (χ1) is 9.19. The largest absolute Gasteiger partial charge is 0.478 e. The van der Waals surface area contributed by atoms with E-state index in [1.807, 2.05) is 0 Å². The van der Waals surface area contributed by atoms with Crippen molar-refractivity contribution in [2.24, 2.45) is 5.41 Å². The summed E-state index contributed by atoms with van der Waals surface area (Å²) in [5.41, 5.74) is 0.706. The molecule has 0 radical (unpaired) electrons. The molecule has 0 aliphatic carbocycles. The van der Waals surface area contributed by atoms with Gasteiger partial charge in [-0.05, 0) is 46.0 Å². The number of hydrogen-bond donors (Lipinski definition) is 3. The number of halogens is 1. The predicted octanol–water partition coefficient (Wildman–Crippen LogP) is 3.71. The zero-order valence-electron chi connectivity index (χ0n) is 11.8. The fourth-order valence-electron chi connectivity index (χ4n) is 1.49. The van der Waals surface area contributed by atoms with Crippen LogP contribution in [0, 0.1) is 5.41 Å². The Morgan fingerprint density at radius 1 is 1.30 bits per heavy atom. The summed E-state index contributed by atoms with van der Waals surface area (Å²) >= 11 is 3.15. The van der Waals surface area contributed by atoms with E-state index in [4.69, 9.17) is 5.11 Å². The van der Waals surface area contributed by atoms with Crippen LogP contribution in [0.1, 0.15) is 37.6 Å². The molecule has 0 saturated heterocycles. The number of carbonyl (C=O) groups excluding carboxylic acids is 1. The summed E-state index contributed by atoms with van der Waals surface area (Å²) in [6, 6.07) is 4.30. The van der Waals surface area contributed by atoms with Gasteiger partial charge in [0, 0.05) is 16.7 Å². The number of anilines is 1. The van der Waals surface area contributed by atoms with E-state index < -0.39 is 5.97 Å². The molecule has 0 aromatic heterocycles. The van der Waals surface area contributed by atoms with Gasteiger partial charge in [0.15, 0.2) is 0 Å². The summed E-state index contributed by atoms with van der Waals surface area (Å²) in [4.78, 5) is 22.7. The number of benzene rings is 1. The third-order valence-electron chi connectivity index (χ3n) is 2.62. The second-order valence-corrected chi connectivity index (χ2v) is 6.55. The zero-order chi connectivity index (χ0) is 15.3. The monoisotopic (exact) mass is 342 g/mol. The summed E-state index contributed by atoms with van der Waals surface area (Å²) in [7, 11) is 0. The molecule has 0 saturated carbocycles. The summed E-state index contributed by atoms with van der Waals surface area (Å²) in [5.74, 6) is -1.05. The van der Waals surface area contributed by atoms with Gasteiger partial charge in [0.25, 0.3) is 0 Å². The van der Waals surface area contributed by atoms with Crippen molar-refractivity contribution < 1.29 is 14.7 Å². The SMILES string of the molecule is CC(C)(C)CCNC(=O)Nc1ccc(Br)c(C(=O)O)c1. The summed E-state index contributed by atoms with van der Waals surface area (Å²) in [6.45, 7) is 6.86. The van der Waals surface area contributed by atoms with E-state index in [2.05, 4.69) is 47.3 Å². The molecule has 6 heteroatoms. The summed E-state index contributed by atoms with van der Waals surface area (Å²) in [5, 5.41) is 14.4. The second-order valence-electron chi connectivity index (χ2n) is 5.69. The Kier molecular flexibility index (Phi) is 5.56. The minimum absolute atomic E-state index is 0.109. The molecule has 0 aliphatic rings. The quantitative estimate of drug-likeness (QED) is 0.780. The molecule has 20 heavy (non-hydrogen) atoms. The van der Waals surface area contributed by atoms with Gasteiger partial charge in [-0.3, -0.25) is 0 Å². The topological polar surface area (TPSA) is 78.4 Å². The van der Waals surface area contributed by atoms with E-state index in [1.165, 1.54) is 6.07 Å². The molecule has 3 N–H and O–H groups in total. The fourth-order valence-corrected chi connectivity index (χ4v) is 1.91. The van der Waals surface area contributed by atoms with Crippen LogP contribution in [0.3, 0.4) is 0 Å². The Morgan fingerprint density at radius 3 is 2.50 bits per heavy atom. The number of amides is 2. The van der Waals surface area contributed by atoms with Gasteiger partial charge in [-0.25, -0.2) is 9.59 Å². The maximum Gasteiger partial charge on any atom is 0.336 e. The lowest BCUT2D eigenvalue weighted by molar-refractivity contribution is 0.0696. The normalized spacial score (nSPS) is 11.0. The molecule has 0 atom stereocenters. The van der Waals surface area contributed by atoms with Gasteiger partial charge >= 0.3 is 12.0 Å². The molecular weight excluding hydrogens is 324 g/mol. The van der Waals surface area contributed by atoms with Crippen LogP contribution in [0.2, 0.25) is 0 Å². The Morgan fingerprint density at radius 2 is 1.95 bits per heavy atom. The highest BCUT2D eigenvalue weighted by Gasteiger charge is 2.12. The third-order valence-corrected chi connectivity index (χ3v) is 3.31. The van der Waals surface area contributed by atoms with Crippen LogP contribution < -0.4 is 10.6 Å². The van der Waals surface area contributed by atoms with Crippen molar-refractivity contribution in [1.29, 1.82) is 0 Å². The maximum absolute atomic E-state index is 11.7. The van der Waals surface area contributed by atoms with Gasteiger partial charge in [-0.1, -0.05) is 20.8 Å². The Bertz CT molecular complexity index is 510. The van der Waals surface area contributed by atoms with E-state index in [-0.39, 0.29) is 17.0 Å². The molecule has 0 spiro atoms. The first kappa shape index (κ1) is 16.5. The maximum atomic E-state index is 11.7. The highest BCUT2D eigenvalue weighted by atomic mass is 79.9. The van der Waals surface area contributed by atoms with E-state index in [1.54, 1.807) is 12.1 Å². The van der Waals surface area contributed by atoms with Gasteiger partial charge in [-0.15, -0.1) is 0 Å². The molecule has 1 rings (SSSR count). The molecule has 0 unspecified atom stereocenters. The van der Waals surface area contributed by atoms with Gasteiger partial charge in [-0.2, -0.15) is 0 Å². The van der Waals surface area contributed by atoms with Crippen LogP contribution in [0.15, 0.2) is 22.7 Å². The molecule has 2 amide bonds. The first-order valence-corrected chi connectivity index (χ1v) is 7.06. The average molecular weight is 343 g/mol. The van der Waals surface area contributed by atoms with Gasteiger partial charge in [0.05, 0.1) is 5.56 Å². The number of carbonyl (C=O) groups is 2. The number of hydrogen-bond acceptors (Lipinski definition) is 2. The molecule has 0 heterocycles. The molecule has 5 nitrogen and oxygen atoms in total. The van der Waals surface area contributed by atoms with Crippen molar-refractivity contribution in [1.82, 2.24) is 5.32 Å². The number of nitrogens with one attached hydrogen (secondary N) is 2. The van der Waals surface area contributed by atoms with E-state index >= 15 is 0 Å². The van der Waals surface area contributed by atoms with Gasteiger partial charge in [0.2, 0.25) is 0 Å². The number of aromatic carboxylic acids is 1. The molecule has 110 valence electrons. The number of rotatable bonds is 4. The van der Waals surface area contributed by atoms with Gasteiger partial charge < -0.3 is 15.7 Å². The lowest BCUT2D eigenvalue weighted by Gasteiger charge is -2.18. The average Bonchev–Trinajstić information content (AvgIpc) is 2.29. The van der Waals surface area contributed by atoms with Crippen molar-refractivity contribution in [3.8, 4) is 0 Å². The molecule has 0 bridgehead atoms. The van der Waals surface area contributed by atoms with Crippen LogP contribution in [-0.2, 0) is 0 Å². The van der Waals surface area contributed by atoms with Crippen LogP contribution in [0.4, 0.5) is 10.5 Å². The predicted molar refractivity (Wildman–Crippen MR) is 82.2 cm³/mol. The van der Waals surface area contributed by atoms with Crippen LogP contribution in [0.25, 0.3) is 0 Å². The molecular formula is C14H19BrN2O3. The van der Waals surface area contributed by atoms with Crippen LogP contribution in [0.5, 0.6) is 0 Å². The highest BCUT2D eigenvalue weighted by molar-refractivity contribution is 9.10. The minimum atomic E-state index is -1.05. The number of carboxylic acid groups (broad SMARTS) is 1. The van der Waals surface area contributed by atoms with Crippen molar-refractivity contribution in [3.05, 3.63) is 28.2 Å². The van der Waals surface area contributed by atoms with E-state index in [0.717, 1.165) is 6.42 Å². The number of urea groups is 1.